The minimum Gasteiger partial charge on any atom is -0.496 e. The second-order valence-corrected chi connectivity index (χ2v) is 13.8. The summed E-state index contributed by atoms with van der Waals surface area (Å²) in [7, 11) is 1.51. The van der Waals surface area contributed by atoms with Crippen LogP contribution in [0.1, 0.15) is 67.2 Å². The molecule has 2 amide bonds. The third-order valence-corrected chi connectivity index (χ3v) is 9.28. The fourth-order valence-electron chi connectivity index (χ4n) is 6.06. The summed E-state index contributed by atoms with van der Waals surface area (Å²) in [4.78, 5) is 28.2. The summed E-state index contributed by atoms with van der Waals surface area (Å²) in [6.45, 7) is 13.3. The van der Waals surface area contributed by atoms with Crippen molar-refractivity contribution in [3.8, 4) is 5.75 Å². The van der Waals surface area contributed by atoms with E-state index in [1.807, 2.05) is 64.1 Å². The van der Waals surface area contributed by atoms with Crippen molar-refractivity contribution in [2.24, 2.45) is 5.41 Å². The Kier molecular flexibility index (Phi) is 11.5. The number of amides is 2. The normalized spacial score (nSPS) is 24.0. The van der Waals surface area contributed by atoms with Gasteiger partial charge >= 0.3 is 0 Å². The quantitative estimate of drug-likeness (QED) is 0.225. The Balaban J connectivity index is 1.49. The molecule has 2 heterocycles. The lowest BCUT2D eigenvalue weighted by Gasteiger charge is -2.40. The van der Waals surface area contributed by atoms with Crippen LogP contribution < -0.4 is 15.4 Å². The van der Waals surface area contributed by atoms with Crippen molar-refractivity contribution in [1.29, 1.82) is 0 Å². The highest BCUT2D eigenvalue weighted by atomic mass is 16.5. The fraction of sp³-hybridized carbons (Fsp3) is 0.556. The van der Waals surface area contributed by atoms with Gasteiger partial charge in [-0.1, -0.05) is 30.4 Å². The van der Waals surface area contributed by atoms with Gasteiger partial charge in [0.2, 0.25) is 11.8 Å². The summed E-state index contributed by atoms with van der Waals surface area (Å²) < 4.78 is 11.4. The number of nitrogens with one attached hydrogen (secondary N) is 2. The maximum atomic E-state index is 13.3. The third-order valence-electron chi connectivity index (χ3n) is 9.28. The van der Waals surface area contributed by atoms with Crippen molar-refractivity contribution in [1.82, 2.24) is 15.5 Å². The lowest BCUT2D eigenvalue weighted by atomic mass is 9.87. The second-order valence-electron chi connectivity index (χ2n) is 13.8. The molecule has 4 rings (SSSR count). The summed E-state index contributed by atoms with van der Waals surface area (Å²) in [5, 5.41) is 47.3. The zero-order valence-corrected chi connectivity index (χ0v) is 28.5. The van der Waals surface area contributed by atoms with Gasteiger partial charge in [0.05, 0.1) is 19.1 Å². The van der Waals surface area contributed by atoms with E-state index in [-0.39, 0.29) is 11.8 Å². The maximum absolute atomic E-state index is 13.3. The number of rotatable bonds is 10. The molecule has 0 bridgehead atoms. The van der Waals surface area contributed by atoms with Gasteiger partial charge in [0.1, 0.15) is 41.8 Å². The molecular formula is C36H51N3O8. The molecule has 258 valence electrons. The van der Waals surface area contributed by atoms with Gasteiger partial charge in [0, 0.05) is 31.7 Å². The summed E-state index contributed by atoms with van der Waals surface area (Å²) in [6, 6.07) is 9.81. The monoisotopic (exact) mass is 653 g/mol. The standard InChI is InChI=1S/C36H51N3O8/c1-21-16-23(10-11-35(3,4)33(44)38-36(5,6)34(45)39-14-12-37-13-15-39)8-9-24(21)18-25-19-26(27(46-7)17-22(25)2)32-31(43)30(42)29(41)28(20-40)47-32/h8-11,16-17,19,28-32,37,40-43H,12-15,18,20H2,1-7H3,(H,38,44). The number of aryl methyl sites for hydroxylation is 2. The number of hydrogen-bond acceptors (Lipinski definition) is 9. The Morgan fingerprint density at radius 1 is 1.00 bits per heavy atom. The van der Waals surface area contributed by atoms with Crippen molar-refractivity contribution >= 4 is 17.9 Å². The smallest absolute Gasteiger partial charge is 0.247 e. The molecular weight excluding hydrogens is 602 g/mol. The van der Waals surface area contributed by atoms with Crippen LogP contribution in [0.5, 0.6) is 5.75 Å². The molecule has 2 aliphatic heterocycles. The van der Waals surface area contributed by atoms with Crippen LogP contribution in [0, 0.1) is 19.3 Å². The second kappa shape index (κ2) is 14.8. The molecule has 5 atom stereocenters. The molecule has 2 aromatic rings. The number of methoxy groups -OCH3 is 1. The van der Waals surface area contributed by atoms with Crippen molar-refractivity contribution in [2.45, 2.75) is 84.0 Å². The molecule has 47 heavy (non-hydrogen) atoms. The zero-order chi connectivity index (χ0) is 34.7. The Morgan fingerprint density at radius 2 is 1.66 bits per heavy atom. The molecule has 2 aliphatic rings. The highest BCUT2D eigenvalue weighted by Gasteiger charge is 2.45. The predicted molar refractivity (Wildman–Crippen MR) is 179 cm³/mol. The van der Waals surface area contributed by atoms with Gasteiger partial charge in [-0.25, -0.2) is 0 Å². The predicted octanol–water partition coefficient (Wildman–Crippen LogP) is 1.78. The molecule has 0 saturated carbocycles. The highest BCUT2D eigenvalue weighted by molar-refractivity contribution is 5.93. The van der Waals surface area contributed by atoms with E-state index in [0.29, 0.717) is 30.8 Å². The van der Waals surface area contributed by atoms with Crippen LogP contribution in [0.3, 0.4) is 0 Å². The largest absolute Gasteiger partial charge is 0.496 e. The molecule has 2 aromatic carbocycles. The maximum Gasteiger partial charge on any atom is 0.247 e. The first-order valence-corrected chi connectivity index (χ1v) is 16.2. The van der Waals surface area contributed by atoms with E-state index in [0.717, 1.165) is 40.9 Å². The molecule has 0 radical (unpaired) electrons. The molecule has 0 aromatic heterocycles. The Morgan fingerprint density at radius 3 is 2.28 bits per heavy atom. The van der Waals surface area contributed by atoms with E-state index in [1.54, 1.807) is 18.7 Å². The van der Waals surface area contributed by atoms with Crippen LogP contribution in [-0.4, -0.2) is 107 Å². The van der Waals surface area contributed by atoms with Gasteiger partial charge < -0.3 is 45.4 Å². The van der Waals surface area contributed by atoms with E-state index in [9.17, 15) is 30.0 Å². The molecule has 11 heteroatoms. The third kappa shape index (κ3) is 8.22. The summed E-state index contributed by atoms with van der Waals surface area (Å²) in [6.07, 6.45) is -2.07. The average Bonchev–Trinajstić information content (AvgIpc) is 3.04. The van der Waals surface area contributed by atoms with E-state index in [2.05, 4.69) is 16.7 Å². The molecule has 5 unspecified atom stereocenters. The van der Waals surface area contributed by atoms with Crippen LogP contribution in [-0.2, 0) is 20.7 Å². The minimum atomic E-state index is -1.49. The summed E-state index contributed by atoms with van der Waals surface area (Å²) in [5.74, 6) is 0.141. The number of aliphatic hydroxyl groups is 4. The number of piperazine rings is 1. The van der Waals surface area contributed by atoms with Crippen LogP contribution in [0.15, 0.2) is 36.4 Å². The molecule has 11 nitrogen and oxygen atoms in total. The van der Waals surface area contributed by atoms with Crippen LogP contribution in [0.25, 0.3) is 6.08 Å². The average molecular weight is 654 g/mol. The van der Waals surface area contributed by atoms with Gasteiger partial charge in [-0.15, -0.1) is 0 Å². The van der Waals surface area contributed by atoms with E-state index in [1.165, 1.54) is 7.11 Å². The SMILES string of the molecule is COc1cc(C)c(Cc2ccc(C=CC(C)(C)C(=O)NC(C)(C)C(=O)N3CCNCC3)cc2C)cc1C1OC(CO)C(O)C(O)C1O. The van der Waals surface area contributed by atoms with Gasteiger partial charge in [0.25, 0.3) is 0 Å². The van der Waals surface area contributed by atoms with Gasteiger partial charge in [-0.3, -0.25) is 9.59 Å². The Bertz CT molecular complexity index is 1460. The van der Waals surface area contributed by atoms with Gasteiger partial charge in [-0.05, 0) is 87.9 Å². The number of ether oxygens (including phenoxy) is 2. The number of carbonyl (C=O) groups is 2. The first-order chi connectivity index (χ1) is 22.1. The van der Waals surface area contributed by atoms with Crippen molar-refractivity contribution in [2.75, 3.05) is 39.9 Å². The summed E-state index contributed by atoms with van der Waals surface area (Å²) in [5.41, 5.74) is 3.58. The number of carbonyl (C=O) groups excluding carboxylic acids is 2. The zero-order valence-electron chi connectivity index (χ0n) is 28.5. The van der Waals surface area contributed by atoms with Crippen LogP contribution in [0.2, 0.25) is 0 Å². The fourth-order valence-corrected chi connectivity index (χ4v) is 6.06. The Labute approximate surface area is 277 Å². The Hall–Kier alpha value is -3.32. The first-order valence-electron chi connectivity index (χ1n) is 16.2. The molecule has 0 aliphatic carbocycles. The van der Waals surface area contributed by atoms with E-state index >= 15 is 0 Å². The van der Waals surface area contributed by atoms with E-state index in [4.69, 9.17) is 9.47 Å². The lowest BCUT2D eigenvalue weighted by Crippen LogP contribution is -2.60. The number of hydrogen-bond donors (Lipinski definition) is 6. The highest BCUT2D eigenvalue weighted by Crippen LogP contribution is 2.39. The van der Waals surface area contributed by atoms with Crippen molar-refractivity contribution in [3.05, 3.63) is 69.8 Å². The summed E-state index contributed by atoms with van der Waals surface area (Å²) >= 11 is 0. The van der Waals surface area contributed by atoms with Gasteiger partial charge in [-0.2, -0.15) is 0 Å². The molecule has 0 spiro atoms. The number of aliphatic hydroxyl groups excluding tert-OH is 4. The minimum absolute atomic E-state index is 0.0919. The van der Waals surface area contributed by atoms with E-state index < -0.39 is 48.1 Å². The lowest BCUT2D eigenvalue weighted by molar-refractivity contribution is -0.232. The van der Waals surface area contributed by atoms with Crippen molar-refractivity contribution in [3.63, 3.8) is 0 Å². The van der Waals surface area contributed by atoms with Crippen LogP contribution in [0.4, 0.5) is 0 Å². The number of benzene rings is 2. The van der Waals surface area contributed by atoms with Crippen LogP contribution >= 0.6 is 0 Å². The van der Waals surface area contributed by atoms with Gasteiger partial charge in [0.15, 0.2) is 0 Å². The topological polar surface area (TPSA) is 161 Å². The molecule has 2 saturated heterocycles. The van der Waals surface area contributed by atoms with Crippen molar-refractivity contribution < 1.29 is 39.5 Å². The molecule has 2 fully saturated rings. The molecule has 6 N–H and O–H groups in total. The first kappa shape index (κ1) is 36.5. The number of nitrogens with zero attached hydrogens (tertiary/aromatic N) is 1.